The molecule has 1 aliphatic heterocycles. The standard InChI is InChI=1S/C18H23N3O.ClH/c1-18(2)12-21(9-8-16(18)19)17(22)15-11-20-10-14(15)13-6-4-3-5-7-13;/h3-7,10-11,16,20H,8-9,12,19H2,1-2H3;1H. The first-order chi connectivity index (χ1) is 10.5. The van der Waals surface area contributed by atoms with Crippen LogP contribution in [-0.4, -0.2) is 34.9 Å². The summed E-state index contributed by atoms with van der Waals surface area (Å²) in [7, 11) is 0. The van der Waals surface area contributed by atoms with Crippen LogP contribution in [0.3, 0.4) is 0 Å². The molecule has 2 heterocycles. The van der Waals surface area contributed by atoms with Crippen molar-refractivity contribution >= 4 is 18.3 Å². The molecule has 0 saturated carbocycles. The Morgan fingerprint density at radius 2 is 1.96 bits per heavy atom. The summed E-state index contributed by atoms with van der Waals surface area (Å²) in [6.45, 7) is 5.69. The fraction of sp³-hybridized carbons (Fsp3) is 0.389. The Morgan fingerprint density at radius 1 is 1.26 bits per heavy atom. The molecule has 1 unspecified atom stereocenters. The summed E-state index contributed by atoms with van der Waals surface area (Å²) in [5.74, 6) is 0.0834. The lowest BCUT2D eigenvalue weighted by Crippen LogP contribution is -2.54. The van der Waals surface area contributed by atoms with Crippen molar-refractivity contribution in [3.8, 4) is 11.1 Å². The second-order valence-corrected chi connectivity index (χ2v) is 6.76. The number of carbonyl (C=O) groups excluding carboxylic acids is 1. The van der Waals surface area contributed by atoms with Gasteiger partial charge < -0.3 is 15.6 Å². The van der Waals surface area contributed by atoms with Gasteiger partial charge >= 0.3 is 0 Å². The van der Waals surface area contributed by atoms with E-state index in [1.54, 1.807) is 6.20 Å². The minimum Gasteiger partial charge on any atom is -0.366 e. The third-order valence-corrected chi connectivity index (χ3v) is 4.66. The van der Waals surface area contributed by atoms with Gasteiger partial charge in [-0.1, -0.05) is 44.2 Å². The van der Waals surface area contributed by atoms with E-state index in [-0.39, 0.29) is 29.8 Å². The molecule has 0 bridgehead atoms. The van der Waals surface area contributed by atoms with Crippen LogP contribution in [0.5, 0.6) is 0 Å². The monoisotopic (exact) mass is 333 g/mol. The number of carbonyl (C=O) groups is 1. The Bertz CT molecular complexity index is 666. The maximum Gasteiger partial charge on any atom is 0.256 e. The highest BCUT2D eigenvalue weighted by Crippen LogP contribution is 2.30. The van der Waals surface area contributed by atoms with Crippen LogP contribution in [0.1, 0.15) is 30.6 Å². The minimum atomic E-state index is -0.0445. The maximum absolute atomic E-state index is 12.9. The van der Waals surface area contributed by atoms with Crippen molar-refractivity contribution in [1.82, 2.24) is 9.88 Å². The first kappa shape index (κ1) is 17.6. The number of H-pyrrole nitrogens is 1. The Hall–Kier alpha value is -1.78. The molecule has 2 aromatic rings. The van der Waals surface area contributed by atoms with Gasteiger partial charge in [0.1, 0.15) is 0 Å². The number of aromatic nitrogens is 1. The zero-order valence-corrected chi connectivity index (χ0v) is 14.4. The van der Waals surface area contributed by atoms with E-state index in [9.17, 15) is 4.79 Å². The van der Waals surface area contributed by atoms with Crippen LogP contribution in [0.15, 0.2) is 42.7 Å². The van der Waals surface area contributed by atoms with Crippen molar-refractivity contribution in [3.05, 3.63) is 48.3 Å². The number of halogens is 1. The number of likely N-dealkylation sites (tertiary alicyclic amines) is 1. The summed E-state index contributed by atoms with van der Waals surface area (Å²) < 4.78 is 0. The van der Waals surface area contributed by atoms with Crippen molar-refractivity contribution in [1.29, 1.82) is 0 Å². The number of amides is 1. The van der Waals surface area contributed by atoms with E-state index in [4.69, 9.17) is 5.73 Å². The molecule has 1 atom stereocenters. The van der Waals surface area contributed by atoms with Crippen molar-refractivity contribution in [3.63, 3.8) is 0 Å². The molecule has 4 nitrogen and oxygen atoms in total. The van der Waals surface area contributed by atoms with Crippen LogP contribution in [0.4, 0.5) is 0 Å². The zero-order valence-electron chi connectivity index (χ0n) is 13.6. The maximum atomic E-state index is 12.9. The van der Waals surface area contributed by atoms with Gasteiger partial charge in [-0.05, 0) is 17.4 Å². The number of rotatable bonds is 2. The first-order valence-corrected chi connectivity index (χ1v) is 7.76. The van der Waals surface area contributed by atoms with E-state index in [0.717, 1.165) is 29.7 Å². The van der Waals surface area contributed by atoms with Crippen LogP contribution < -0.4 is 5.73 Å². The summed E-state index contributed by atoms with van der Waals surface area (Å²) in [6, 6.07) is 10.1. The van der Waals surface area contributed by atoms with Crippen molar-refractivity contribution in [2.75, 3.05) is 13.1 Å². The number of nitrogens with one attached hydrogen (secondary N) is 1. The molecule has 0 aliphatic carbocycles. The summed E-state index contributed by atoms with van der Waals surface area (Å²) in [5.41, 5.74) is 8.87. The molecule has 1 fully saturated rings. The molecule has 23 heavy (non-hydrogen) atoms. The molecular formula is C18H24ClN3O. The lowest BCUT2D eigenvalue weighted by atomic mass is 9.79. The fourth-order valence-corrected chi connectivity index (χ4v) is 3.11. The zero-order chi connectivity index (χ0) is 15.7. The van der Waals surface area contributed by atoms with E-state index in [2.05, 4.69) is 18.8 Å². The largest absolute Gasteiger partial charge is 0.366 e. The van der Waals surface area contributed by atoms with E-state index in [1.807, 2.05) is 41.4 Å². The van der Waals surface area contributed by atoms with Crippen LogP contribution in [-0.2, 0) is 0 Å². The average Bonchev–Trinajstić information content (AvgIpc) is 2.99. The van der Waals surface area contributed by atoms with Gasteiger partial charge in [0.25, 0.3) is 5.91 Å². The van der Waals surface area contributed by atoms with Crippen molar-refractivity contribution in [2.24, 2.45) is 11.1 Å². The van der Waals surface area contributed by atoms with Gasteiger partial charge in [0.05, 0.1) is 5.56 Å². The van der Waals surface area contributed by atoms with Gasteiger partial charge in [0.15, 0.2) is 0 Å². The van der Waals surface area contributed by atoms with Crippen LogP contribution >= 0.6 is 12.4 Å². The summed E-state index contributed by atoms with van der Waals surface area (Å²) in [5, 5.41) is 0. The molecule has 3 rings (SSSR count). The fourth-order valence-electron chi connectivity index (χ4n) is 3.11. The Kier molecular flexibility index (Phi) is 5.17. The predicted octanol–water partition coefficient (Wildman–Crippen LogP) is 3.30. The van der Waals surface area contributed by atoms with Gasteiger partial charge in [-0.15, -0.1) is 12.4 Å². The first-order valence-electron chi connectivity index (χ1n) is 7.76. The summed E-state index contributed by atoms with van der Waals surface area (Å²) >= 11 is 0. The lowest BCUT2D eigenvalue weighted by molar-refractivity contribution is 0.0534. The molecule has 124 valence electrons. The third-order valence-electron chi connectivity index (χ3n) is 4.66. The molecule has 3 N–H and O–H groups in total. The normalized spacial score (nSPS) is 20.0. The molecular weight excluding hydrogens is 310 g/mol. The number of benzene rings is 1. The van der Waals surface area contributed by atoms with Gasteiger partial charge in [0.2, 0.25) is 0 Å². The van der Waals surface area contributed by atoms with Gasteiger partial charge in [-0.2, -0.15) is 0 Å². The molecule has 5 heteroatoms. The second-order valence-electron chi connectivity index (χ2n) is 6.76. The number of piperidine rings is 1. The van der Waals surface area contributed by atoms with Crippen LogP contribution in [0.25, 0.3) is 11.1 Å². The van der Waals surface area contributed by atoms with Gasteiger partial charge in [0, 0.05) is 37.1 Å². The summed E-state index contributed by atoms with van der Waals surface area (Å²) in [6.07, 6.45) is 4.54. The quantitative estimate of drug-likeness (QED) is 0.885. The van der Waals surface area contributed by atoms with Crippen molar-refractivity contribution in [2.45, 2.75) is 26.3 Å². The van der Waals surface area contributed by atoms with Gasteiger partial charge in [-0.3, -0.25) is 4.79 Å². The molecule has 1 aromatic heterocycles. The molecule has 1 saturated heterocycles. The van der Waals surface area contributed by atoms with Gasteiger partial charge in [-0.25, -0.2) is 0 Å². The lowest BCUT2D eigenvalue weighted by Gasteiger charge is -2.42. The highest BCUT2D eigenvalue weighted by molar-refractivity contribution is 6.00. The molecule has 1 aliphatic rings. The average molecular weight is 334 g/mol. The second kappa shape index (κ2) is 6.77. The molecule has 0 spiro atoms. The topological polar surface area (TPSA) is 62.1 Å². The smallest absolute Gasteiger partial charge is 0.256 e. The van der Waals surface area contributed by atoms with E-state index >= 15 is 0 Å². The Labute approximate surface area is 143 Å². The molecule has 1 aromatic carbocycles. The minimum absolute atomic E-state index is 0. The predicted molar refractivity (Wildman–Crippen MR) is 95.8 cm³/mol. The number of hydrogen-bond acceptors (Lipinski definition) is 2. The number of nitrogens with two attached hydrogens (primary N) is 1. The van der Waals surface area contributed by atoms with Crippen LogP contribution in [0.2, 0.25) is 0 Å². The van der Waals surface area contributed by atoms with Crippen LogP contribution in [0, 0.1) is 5.41 Å². The van der Waals surface area contributed by atoms with E-state index in [1.165, 1.54) is 0 Å². The highest BCUT2D eigenvalue weighted by atomic mass is 35.5. The third kappa shape index (κ3) is 3.43. The number of nitrogens with zero attached hydrogens (tertiary/aromatic N) is 1. The Balaban J connectivity index is 0.00000192. The summed E-state index contributed by atoms with van der Waals surface area (Å²) in [4.78, 5) is 17.9. The van der Waals surface area contributed by atoms with Crippen molar-refractivity contribution < 1.29 is 4.79 Å². The number of aromatic amines is 1. The Morgan fingerprint density at radius 3 is 2.61 bits per heavy atom. The molecule has 0 radical (unpaired) electrons. The molecule has 1 amide bonds. The number of hydrogen-bond donors (Lipinski definition) is 2. The SMILES string of the molecule is CC1(C)CN(C(=O)c2c[nH]cc2-c2ccccc2)CCC1N.Cl. The highest BCUT2D eigenvalue weighted by Gasteiger charge is 2.36. The van der Waals surface area contributed by atoms with E-state index < -0.39 is 0 Å². The van der Waals surface area contributed by atoms with E-state index in [0.29, 0.717) is 6.54 Å².